The van der Waals surface area contributed by atoms with E-state index < -0.39 is 5.97 Å². The maximum Gasteiger partial charge on any atom is 0.343 e. The highest BCUT2D eigenvalue weighted by Gasteiger charge is 2.25. The summed E-state index contributed by atoms with van der Waals surface area (Å²) in [6.07, 6.45) is 5.00. The standard InChI is InChI=1S/C37H40FN3O3S/c1-4-6-12-21-39-29-19-17-27(18-20-29)35-30(24-40(3)22-26-13-8-7-9-14-26)33-34(42)31(37(43)44-5-2)25-41(36(33)45-35)23-28-15-10-11-16-32(28)38/h7-11,13-20,25,39H,4-6,12,21-24H2,1-3H3. The lowest BCUT2D eigenvalue weighted by Gasteiger charge is -2.18. The van der Waals surface area contributed by atoms with Crippen LogP contribution in [-0.2, 0) is 24.4 Å². The summed E-state index contributed by atoms with van der Waals surface area (Å²) in [4.78, 5) is 31.0. The molecule has 0 aliphatic rings. The monoisotopic (exact) mass is 625 g/mol. The van der Waals surface area contributed by atoms with Crippen molar-refractivity contribution in [3.05, 3.63) is 123 Å². The first-order valence-corrected chi connectivity index (χ1v) is 16.4. The number of fused-ring (bicyclic) bond motifs is 1. The van der Waals surface area contributed by atoms with Crippen LogP contribution in [0.1, 0.15) is 60.2 Å². The molecule has 5 aromatic rings. The number of unbranched alkanes of at least 4 members (excludes halogenated alkanes) is 2. The van der Waals surface area contributed by atoms with Gasteiger partial charge in [0, 0.05) is 42.0 Å². The molecule has 0 spiro atoms. The van der Waals surface area contributed by atoms with E-state index in [4.69, 9.17) is 4.74 Å². The molecule has 0 amide bonds. The number of aromatic nitrogens is 1. The van der Waals surface area contributed by atoms with Gasteiger partial charge < -0.3 is 14.6 Å². The van der Waals surface area contributed by atoms with E-state index in [2.05, 4.69) is 53.5 Å². The Morgan fingerprint density at radius 1 is 0.956 bits per heavy atom. The molecule has 0 saturated heterocycles. The number of rotatable bonds is 14. The zero-order valence-electron chi connectivity index (χ0n) is 26.1. The molecule has 0 fully saturated rings. The van der Waals surface area contributed by atoms with Gasteiger partial charge in [0.25, 0.3) is 0 Å². The Balaban J connectivity index is 1.65. The van der Waals surface area contributed by atoms with Crippen LogP contribution in [0.3, 0.4) is 0 Å². The van der Waals surface area contributed by atoms with E-state index in [1.807, 2.05) is 29.8 Å². The average molecular weight is 626 g/mol. The Morgan fingerprint density at radius 3 is 2.40 bits per heavy atom. The molecule has 2 heterocycles. The third-order valence-corrected chi connectivity index (χ3v) is 9.10. The van der Waals surface area contributed by atoms with Crippen LogP contribution in [0.5, 0.6) is 0 Å². The molecule has 0 bridgehead atoms. The molecule has 0 unspecified atom stereocenters. The molecule has 0 radical (unpaired) electrons. The van der Waals surface area contributed by atoms with Crippen molar-refractivity contribution in [2.24, 2.45) is 0 Å². The summed E-state index contributed by atoms with van der Waals surface area (Å²) < 4.78 is 22.0. The third-order valence-electron chi connectivity index (χ3n) is 7.78. The molecule has 0 saturated carbocycles. The van der Waals surface area contributed by atoms with Crippen LogP contribution in [0.2, 0.25) is 0 Å². The molecular formula is C37H40FN3O3S. The van der Waals surface area contributed by atoms with Crippen molar-refractivity contribution in [3.63, 3.8) is 0 Å². The molecule has 3 aromatic carbocycles. The minimum absolute atomic E-state index is 0.0522. The molecule has 2 aromatic heterocycles. The molecule has 1 N–H and O–H groups in total. The summed E-state index contributed by atoms with van der Waals surface area (Å²) in [5.41, 5.74) is 4.07. The summed E-state index contributed by atoms with van der Waals surface area (Å²) in [6, 6.07) is 25.0. The first kappa shape index (κ1) is 32.1. The Labute approximate surface area is 268 Å². The summed E-state index contributed by atoms with van der Waals surface area (Å²) in [7, 11) is 2.02. The number of thiophene rings is 1. The largest absolute Gasteiger partial charge is 0.462 e. The Kier molecular flexibility index (Phi) is 10.8. The second-order valence-electron chi connectivity index (χ2n) is 11.3. The van der Waals surface area contributed by atoms with Crippen molar-refractivity contribution in [3.8, 4) is 10.4 Å². The normalized spacial score (nSPS) is 11.3. The number of nitrogens with zero attached hydrogens (tertiary/aromatic N) is 2. The van der Waals surface area contributed by atoms with E-state index in [-0.39, 0.29) is 30.0 Å². The second-order valence-corrected chi connectivity index (χ2v) is 12.3. The highest BCUT2D eigenvalue weighted by molar-refractivity contribution is 7.22. The number of hydrogen-bond acceptors (Lipinski definition) is 6. The van der Waals surface area contributed by atoms with E-state index in [1.165, 1.54) is 36.4 Å². The molecule has 234 valence electrons. The lowest BCUT2D eigenvalue weighted by molar-refractivity contribution is 0.0524. The lowest BCUT2D eigenvalue weighted by atomic mass is 10.0. The number of esters is 1. The Hall–Kier alpha value is -4.27. The summed E-state index contributed by atoms with van der Waals surface area (Å²) >= 11 is 1.50. The SMILES string of the molecule is CCCCCNc1ccc(-c2sc3c(c2CN(C)Cc2ccccc2)c(=O)c(C(=O)OCC)cn3Cc2ccccc2F)cc1. The molecule has 45 heavy (non-hydrogen) atoms. The number of ether oxygens (including phenoxy) is 1. The van der Waals surface area contributed by atoms with Gasteiger partial charge in [0.15, 0.2) is 0 Å². The van der Waals surface area contributed by atoms with E-state index in [0.29, 0.717) is 28.9 Å². The maximum atomic E-state index is 14.9. The fourth-order valence-corrected chi connectivity index (χ4v) is 6.82. The van der Waals surface area contributed by atoms with Gasteiger partial charge >= 0.3 is 5.97 Å². The average Bonchev–Trinajstić information content (AvgIpc) is 3.42. The van der Waals surface area contributed by atoms with Crippen LogP contribution in [0, 0.1) is 5.82 Å². The number of nitrogens with one attached hydrogen (secondary N) is 1. The number of pyridine rings is 1. The third kappa shape index (κ3) is 7.70. The van der Waals surface area contributed by atoms with Crippen LogP contribution >= 0.6 is 11.3 Å². The molecule has 0 aliphatic heterocycles. The van der Waals surface area contributed by atoms with E-state index in [0.717, 1.165) is 40.2 Å². The number of hydrogen-bond donors (Lipinski definition) is 1. The van der Waals surface area contributed by atoms with E-state index in [9.17, 15) is 14.0 Å². The zero-order chi connectivity index (χ0) is 31.8. The first-order valence-electron chi connectivity index (χ1n) is 15.6. The molecule has 0 atom stereocenters. The number of benzene rings is 3. The smallest absolute Gasteiger partial charge is 0.343 e. The maximum absolute atomic E-state index is 14.9. The fraction of sp³-hybridized carbons (Fsp3) is 0.297. The van der Waals surface area contributed by atoms with Crippen molar-refractivity contribution in [2.75, 3.05) is 25.5 Å². The molecular weight excluding hydrogens is 585 g/mol. The number of carbonyl (C=O) groups excluding carboxylic acids is 1. The van der Waals surface area contributed by atoms with Crippen molar-refractivity contribution in [2.45, 2.75) is 52.7 Å². The summed E-state index contributed by atoms with van der Waals surface area (Å²) in [5.74, 6) is -1.02. The van der Waals surface area contributed by atoms with Gasteiger partial charge in [0.1, 0.15) is 16.2 Å². The van der Waals surface area contributed by atoms with Crippen molar-refractivity contribution in [1.29, 1.82) is 0 Å². The number of halogens is 1. The Morgan fingerprint density at radius 2 is 1.69 bits per heavy atom. The van der Waals surface area contributed by atoms with Crippen LogP contribution in [0.25, 0.3) is 20.7 Å². The first-order chi connectivity index (χ1) is 21.9. The molecule has 8 heteroatoms. The van der Waals surface area contributed by atoms with Gasteiger partial charge in [0.05, 0.1) is 18.5 Å². The minimum Gasteiger partial charge on any atom is -0.462 e. The zero-order valence-corrected chi connectivity index (χ0v) is 27.0. The summed E-state index contributed by atoms with van der Waals surface area (Å²) in [5, 5.41) is 3.97. The lowest BCUT2D eigenvalue weighted by Crippen LogP contribution is -2.23. The van der Waals surface area contributed by atoms with E-state index >= 15 is 0 Å². The number of anilines is 1. The predicted octanol–water partition coefficient (Wildman–Crippen LogP) is 8.33. The predicted molar refractivity (Wildman–Crippen MR) is 183 cm³/mol. The Bertz CT molecular complexity index is 1800. The topological polar surface area (TPSA) is 63.6 Å². The minimum atomic E-state index is -0.679. The van der Waals surface area contributed by atoms with Gasteiger partial charge in [-0.15, -0.1) is 11.3 Å². The van der Waals surface area contributed by atoms with Crippen molar-refractivity contribution in [1.82, 2.24) is 9.47 Å². The van der Waals surface area contributed by atoms with Gasteiger partial charge in [-0.3, -0.25) is 9.69 Å². The van der Waals surface area contributed by atoms with Gasteiger partial charge in [-0.2, -0.15) is 0 Å². The van der Waals surface area contributed by atoms with Gasteiger partial charge in [-0.05, 0) is 55.3 Å². The molecule has 0 aliphatic carbocycles. The second kappa shape index (κ2) is 15.1. The molecule has 5 rings (SSSR count). The fourth-order valence-electron chi connectivity index (χ4n) is 5.53. The van der Waals surface area contributed by atoms with Gasteiger partial charge in [0.2, 0.25) is 5.43 Å². The van der Waals surface area contributed by atoms with Crippen molar-refractivity contribution >= 4 is 33.2 Å². The van der Waals surface area contributed by atoms with Crippen LogP contribution in [0.4, 0.5) is 10.1 Å². The van der Waals surface area contributed by atoms with Crippen molar-refractivity contribution < 1.29 is 13.9 Å². The van der Waals surface area contributed by atoms with Gasteiger partial charge in [-0.25, -0.2) is 9.18 Å². The highest BCUT2D eigenvalue weighted by atomic mass is 32.1. The van der Waals surface area contributed by atoms with Crippen LogP contribution < -0.4 is 10.7 Å². The quantitative estimate of drug-likeness (QED) is 0.0993. The van der Waals surface area contributed by atoms with Crippen LogP contribution in [-0.4, -0.2) is 35.6 Å². The van der Waals surface area contributed by atoms with Crippen LogP contribution in [0.15, 0.2) is 89.9 Å². The van der Waals surface area contributed by atoms with Gasteiger partial charge in [-0.1, -0.05) is 80.4 Å². The number of carbonyl (C=O) groups is 1. The highest BCUT2D eigenvalue weighted by Crippen LogP contribution is 2.39. The molecule has 6 nitrogen and oxygen atoms in total. The van der Waals surface area contributed by atoms with E-state index in [1.54, 1.807) is 25.1 Å². The summed E-state index contributed by atoms with van der Waals surface area (Å²) in [6.45, 7) is 6.28.